The topological polar surface area (TPSA) is 82.2 Å². The highest BCUT2D eigenvalue weighted by molar-refractivity contribution is 5.92. The zero-order valence-electron chi connectivity index (χ0n) is 10.6. The molecule has 2 unspecified atom stereocenters. The molecule has 6 heteroatoms. The van der Waals surface area contributed by atoms with Gasteiger partial charge in [0.15, 0.2) is 0 Å². The first-order valence-corrected chi connectivity index (χ1v) is 6.28. The fraction of sp³-hybridized carbons (Fsp3) is 0.667. The van der Waals surface area contributed by atoms with Gasteiger partial charge in [-0.1, -0.05) is 6.42 Å². The van der Waals surface area contributed by atoms with E-state index in [0.29, 0.717) is 13.2 Å². The third kappa shape index (κ3) is 3.08. The van der Waals surface area contributed by atoms with Gasteiger partial charge in [-0.05, 0) is 12.8 Å². The van der Waals surface area contributed by atoms with Gasteiger partial charge in [0, 0.05) is 19.3 Å². The molecule has 0 bridgehead atoms. The molecular weight excluding hydrogens is 232 g/mol. The van der Waals surface area contributed by atoms with Crippen LogP contribution in [0.4, 0.5) is 5.69 Å². The lowest BCUT2D eigenvalue weighted by molar-refractivity contribution is -0.120. The Morgan fingerprint density at radius 3 is 3.17 bits per heavy atom. The maximum atomic E-state index is 12.0. The maximum Gasteiger partial charge on any atom is 0.229 e. The van der Waals surface area contributed by atoms with Crippen LogP contribution in [0.2, 0.25) is 0 Å². The first kappa shape index (κ1) is 13.0. The number of ether oxygens (including phenoxy) is 1. The van der Waals surface area contributed by atoms with Crippen LogP contribution in [0.3, 0.4) is 0 Å². The number of anilines is 1. The first-order chi connectivity index (χ1) is 8.70. The Morgan fingerprint density at radius 1 is 1.67 bits per heavy atom. The predicted octanol–water partition coefficient (Wildman–Crippen LogP) is 0.595. The molecule has 1 aromatic heterocycles. The molecule has 1 fully saturated rings. The molecule has 2 rings (SSSR count). The average Bonchev–Trinajstić information content (AvgIpc) is 2.95. The molecule has 100 valence electrons. The second-order valence-electron chi connectivity index (χ2n) is 4.68. The molecule has 1 saturated carbocycles. The molecule has 1 aromatic rings. The summed E-state index contributed by atoms with van der Waals surface area (Å²) in [5, 5.41) is 7.01. The van der Waals surface area contributed by atoms with E-state index >= 15 is 0 Å². The van der Waals surface area contributed by atoms with Crippen molar-refractivity contribution in [2.45, 2.75) is 31.8 Å². The van der Waals surface area contributed by atoms with Crippen LogP contribution in [0.15, 0.2) is 12.4 Å². The van der Waals surface area contributed by atoms with E-state index in [1.54, 1.807) is 24.2 Å². The Labute approximate surface area is 106 Å². The van der Waals surface area contributed by atoms with Gasteiger partial charge in [-0.3, -0.25) is 9.48 Å². The lowest BCUT2D eigenvalue weighted by Crippen LogP contribution is -2.34. The predicted molar refractivity (Wildman–Crippen MR) is 68.0 cm³/mol. The smallest absolute Gasteiger partial charge is 0.229 e. The summed E-state index contributed by atoms with van der Waals surface area (Å²) in [5.41, 5.74) is 6.62. The van der Waals surface area contributed by atoms with Crippen LogP contribution in [0.1, 0.15) is 19.3 Å². The van der Waals surface area contributed by atoms with Gasteiger partial charge in [0.25, 0.3) is 0 Å². The minimum absolute atomic E-state index is 0.00583. The zero-order valence-corrected chi connectivity index (χ0v) is 10.6. The summed E-state index contributed by atoms with van der Waals surface area (Å²) in [6, 6.07) is -0.00598. The molecule has 6 nitrogen and oxygen atoms in total. The van der Waals surface area contributed by atoms with Gasteiger partial charge in [-0.15, -0.1) is 0 Å². The SMILES string of the molecule is COCCn1cc(NC(=O)C2CCCC2N)cn1. The fourth-order valence-electron chi connectivity index (χ4n) is 2.28. The van der Waals surface area contributed by atoms with Crippen molar-refractivity contribution in [3.05, 3.63) is 12.4 Å². The largest absolute Gasteiger partial charge is 0.383 e. The van der Waals surface area contributed by atoms with E-state index in [1.807, 2.05) is 0 Å². The van der Waals surface area contributed by atoms with E-state index in [4.69, 9.17) is 10.5 Å². The highest BCUT2D eigenvalue weighted by Crippen LogP contribution is 2.25. The summed E-state index contributed by atoms with van der Waals surface area (Å²) >= 11 is 0. The van der Waals surface area contributed by atoms with Crippen LogP contribution >= 0.6 is 0 Å². The van der Waals surface area contributed by atoms with Gasteiger partial charge in [-0.2, -0.15) is 5.10 Å². The maximum absolute atomic E-state index is 12.0. The van der Waals surface area contributed by atoms with Crippen LogP contribution in [0.25, 0.3) is 0 Å². The van der Waals surface area contributed by atoms with Crippen molar-refractivity contribution in [1.82, 2.24) is 9.78 Å². The number of carbonyl (C=O) groups excluding carboxylic acids is 1. The van der Waals surface area contributed by atoms with Gasteiger partial charge in [0.05, 0.1) is 31.0 Å². The average molecular weight is 252 g/mol. The van der Waals surface area contributed by atoms with Crippen LogP contribution < -0.4 is 11.1 Å². The number of nitrogens with two attached hydrogens (primary N) is 1. The van der Waals surface area contributed by atoms with E-state index in [-0.39, 0.29) is 17.9 Å². The Balaban J connectivity index is 1.88. The second kappa shape index (κ2) is 5.97. The standard InChI is InChI=1S/C12H20N4O2/c1-18-6-5-16-8-9(7-14-16)15-12(17)10-3-2-4-11(10)13/h7-8,10-11H,2-6,13H2,1H3,(H,15,17). The number of hydrogen-bond acceptors (Lipinski definition) is 4. The molecule has 0 radical (unpaired) electrons. The van der Waals surface area contributed by atoms with Crippen LogP contribution in [0.5, 0.6) is 0 Å². The van der Waals surface area contributed by atoms with Crippen molar-refractivity contribution in [2.24, 2.45) is 11.7 Å². The summed E-state index contributed by atoms with van der Waals surface area (Å²) < 4.78 is 6.71. The van der Waals surface area contributed by atoms with Crippen molar-refractivity contribution in [3.63, 3.8) is 0 Å². The summed E-state index contributed by atoms with van der Waals surface area (Å²) in [7, 11) is 1.65. The summed E-state index contributed by atoms with van der Waals surface area (Å²) in [5.74, 6) is -0.0568. The molecule has 3 N–H and O–H groups in total. The summed E-state index contributed by atoms with van der Waals surface area (Å²) in [6.07, 6.45) is 6.30. The van der Waals surface area contributed by atoms with Crippen molar-refractivity contribution >= 4 is 11.6 Å². The molecule has 0 spiro atoms. The van der Waals surface area contributed by atoms with Gasteiger partial charge >= 0.3 is 0 Å². The molecule has 0 saturated heterocycles. The molecule has 1 amide bonds. The fourth-order valence-corrected chi connectivity index (χ4v) is 2.28. The Hall–Kier alpha value is -1.40. The third-order valence-corrected chi connectivity index (χ3v) is 3.33. The van der Waals surface area contributed by atoms with Gasteiger partial charge in [0.2, 0.25) is 5.91 Å². The summed E-state index contributed by atoms with van der Waals surface area (Å²) in [6.45, 7) is 1.28. The van der Waals surface area contributed by atoms with Crippen LogP contribution in [0, 0.1) is 5.92 Å². The van der Waals surface area contributed by atoms with Crippen LogP contribution in [-0.2, 0) is 16.1 Å². The number of rotatable bonds is 5. The van der Waals surface area contributed by atoms with E-state index in [1.165, 1.54) is 0 Å². The van der Waals surface area contributed by atoms with E-state index < -0.39 is 0 Å². The molecule has 0 aliphatic heterocycles. The highest BCUT2D eigenvalue weighted by atomic mass is 16.5. The molecule has 2 atom stereocenters. The number of carbonyl (C=O) groups is 1. The minimum Gasteiger partial charge on any atom is -0.383 e. The second-order valence-corrected chi connectivity index (χ2v) is 4.68. The van der Waals surface area contributed by atoms with Crippen molar-refractivity contribution in [3.8, 4) is 0 Å². The first-order valence-electron chi connectivity index (χ1n) is 6.28. The number of hydrogen-bond donors (Lipinski definition) is 2. The lowest BCUT2D eigenvalue weighted by Gasteiger charge is -2.13. The number of amides is 1. The normalized spacial score (nSPS) is 23.2. The third-order valence-electron chi connectivity index (χ3n) is 3.33. The van der Waals surface area contributed by atoms with E-state index in [2.05, 4.69) is 10.4 Å². The molecule has 18 heavy (non-hydrogen) atoms. The molecule has 0 aromatic carbocycles. The summed E-state index contributed by atoms with van der Waals surface area (Å²) in [4.78, 5) is 12.0. The van der Waals surface area contributed by atoms with Gasteiger partial charge in [-0.25, -0.2) is 0 Å². The van der Waals surface area contributed by atoms with E-state index in [9.17, 15) is 4.79 Å². The number of nitrogens with zero attached hydrogens (tertiary/aromatic N) is 2. The number of methoxy groups -OCH3 is 1. The Morgan fingerprint density at radius 2 is 2.50 bits per heavy atom. The molecule has 1 aliphatic carbocycles. The molecule has 1 aliphatic rings. The molecular formula is C12H20N4O2. The van der Waals surface area contributed by atoms with Crippen molar-refractivity contribution in [2.75, 3.05) is 19.0 Å². The number of aromatic nitrogens is 2. The zero-order chi connectivity index (χ0) is 13.0. The monoisotopic (exact) mass is 252 g/mol. The lowest BCUT2D eigenvalue weighted by atomic mass is 10.0. The highest BCUT2D eigenvalue weighted by Gasteiger charge is 2.30. The van der Waals surface area contributed by atoms with Crippen molar-refractivity contribution < 1.29 is 9.53 Å². The van der Waals surface area contributed by atoms with Crippen molar-refractivity contribution in [1.29, 1.82) is 0 Å². The van der Waals surface area contributed by atoms with Crippen LogP contribution in [-0.4, -0.2) is 35.4 Å². The van der Waals surface area contributed by atoms with Gasteiger partial charge in [0.1, 0.15) is 0 Å². The van der Waals surface area contributed by atoms with Gasteiger partial charge < -0.3 is 15.8 Å². The Bertz CT molecular complexity index is 405. The molecule has 1 heterocycles. The quantitative estimate of drug-likeness (QED) is 0.803. The van der Waals surface area contributed by atoms with E-state index in [0.717, 1.165) is 24.9 Å². The Kier molecular flexibility index (Phi) is 4.33. The number of nitrogens with one attached hydrogen (secondary N) is 1. The minimum atomic E-state index is -0.0627.